The number of anilines is 1. The number of hydrogen-bond donors (Lipinski definition) is 1. The lowest BCUT2D eigenvalue weighted by Crippen LogP contribution is -1.99. The van der Waals surface area contributed by atoms with E-state index >= 15 is 0 Å². The van der Waals surface area contributed by atoms with E-state index in [2.05, 4.69) is 23.8 Å². The summed E-state index contributed by atoms with van der Waals surface area (Å²) in [6, 6.07) is 2.03. The summed E-state index contributed by atoms with van der Waals surface area (Å²) in [5.41, 5.74) is 3.19. The van der Waals surface area contributed by atoms with E-state index in [1.165, 1.54) is 0 Å². The van der Waals surface area contributed by atoms with E-state index in [4.69, 9.17) is 0 Å². The number of nitrogens with one attached hydrogen (secondary N) is 1. The zero-order chi connectivity index (χ0) is 8.97. The summed E-state index contributed by atoms with van der Waals surface area (Å²) in [7, 11) is 0. The third-order valence-electron chi connectivity index (χ3n) is 1.66. The lowest BCUT2D eigenvalue weighted by Gasteiger charge is -2.07. The van der Waals surface area contributed by atoms with E-state index in [1.54, 1.807) is 0 Å². The van der Waals surface area contributed by atoms with Crippen LogP contribution in [0.2, 0.25) is 0 Å². The molecule has 1 heterocycles. The second-order valence-corrected chi connectivity index (χ2v) is 2.65. The third-order valence-corrected chi connectivity index (χ3v) is 1.66. The summed E-state index contributed by atoms with van der Waals surface area (Å²) in [6.07, 6.45) is 3.64. The van der Waals surface area contributed by atoms with Crippen molar-refractivity contribution in [3.05, 3.63) is 30.1 Å². The van der Waals surface area contributed by atoms with Gasteiger partial charge >= 0.3 is 0 Å². The zero-order valence-electron chi connectivity index (χ0n) is 7.59. The fourth-order valence-electron chi connectivity index (χ4n) is 1.08. The SMILES string of the molecule is C=Cc1cnc(C)cc1NCC. The number of hydrogen-bond acceptors (Lipinski definition) is 2. The molecule has 0 unspecified atom stereocenters. The Bertz CT molecular complexity index is 279. The summed E-state index contributed by atoms with van der Waals surface area (Å²) in [5, 5.41) is 3.26. The molecule has 0 saturated heterocycles. The normalized spacial score (nSPS) is 9.50. The third kappa shape index (κ3) is 1.84. The largest absolute Gasteiger partial charge is 0.385 e. The molecule has 0 aromatic carbocycles. The van der Waals surface area contributed by atoms with Crippen molar-refractivity contribution >= 4 is 11.8 Å². The summed E-state index contributed by atoms with van der Waals surface area (Å²) in [4.78, 5) is 4.18. The highest BCUT2D eigenvalue weighted by molar-refractivity contribution is 5.64. The van der Waals surface area contributed by atoms with Gasteiger partial charge in [0.15, 0.2) is 0 Å². The first-order valence-corrected chi connectivity index (χ1v) is 4.11. The molecule has 0 amide bonds. The van der Waals surface area contributed by atoms with Crippen LogP contribution in [-0.2, 0) is 0 Å². The fourth-order valence-corrected chi connectivity index (χ4v) is 1.08. The van der Waals surface area contributed by atoms with Gasteiger partial charge in [-0.15, -0.1) is 0 Å². The highest BCUT2D eigenvalue weighted by atomic mass is 14.9. The molecule has 0 bridgehead atoms. The molecule has 0 radical (unpaired) electrons. The second-order valence-electron chi connectivity index (χ2n) is 2.65. The highest BCUT2D eigenvalue weighted by Crippen LogP contribution is 2.15. The van der Waals surface area contributed by atoms with Gasteiger partial charge in [0.2, 0.25) is 0 Å². The smallest absolute Gasteiger partial charge is 0.0447 e. The first kappa shape index (κ1) is 8.78. The van der Waals surface area contributed by atoms with Crippen LogP contribution in [0.15, 0.2) is 18.8 Å². The van der Waals surface area contributed by atoms with Crippen molar-refractivity contribution in [3.8, 4) is 0 Å². The van der Waals surface area contributed by atoms with Crippen LogP contribution in [-0.4, -0.2) is 11.5 Å². The Morgan fingerprint density at radius 3 is 3.00 bits per heavy atom. The van der Waals surface area contributed by atoms with Crippen molar-refractivity contribution < 1.29 is 0 Å². The van der Waals surface area contributed by atoms with E-state index < -0.39 is 0 Å². The van der Waals surface area contributed by atoms with Gasteiger partial charge in [0.25, 0.3) is 0 Å². The number of nitrogens with zero attached hydrogens (tertiary/aromatic N) is 1. The summed E-state index contributed by atoms with van der Waals surface area (Å²) in [6.45, 7) is 8.70. The first-order valence-electron chi connectivity index (χ1n) is 4.11. The molecule has 0 saturated carbocycles. The number of aromatic nitrogens is 1. The van der Waals surface area contributed by atoms with Gasteiger partial charge < -0.3 is 5.32 Å². The molecule has 64 valence electrons. The maximum atomic E-state index is 4.18. The molecule has 12 heavy (non-hydrogen) atoms. The molecule has 2 heteroatoms. The standard InChI is InChI=1S/C10H14N2/c1-4-9-7-12-8(3)6-10(9)11-5-2/h4,6-7H,1,5H2,2-3H3,(H,11,12). The van der Waals surface area contributed by atoms with E-state index in [1.807, 2.05) is 25.3 Å². The van der Waals surface area contributed by atoms with Gasteiger partial charge in [-0.25, -0.2) is 0 Å². The summed E-state index contributed by atoms with van der Waals surface area (Å²) >= 11 is 0. The van der Waals surface area contributed by atoms with Crippen molar-refractivity contribution in [1.29, 1.82) is 0 Å². The lowest BCUT2D eigenvalue weighted by molar-refractivity contribution is 1.16. The van der Waals surface area contributed by atoms with Crippen molar-refractivity contribution in [1.82, 2.24) is 4.98 Å². The molecule has 0 aliphatic rings. The average molecular weight is 162 g/mol. The topological polar surface area (TPSA) is 24.9 Å². The summed E-state index contributed by atoms with van der Waals surface area (Å²) in [5.74, 6) is 0. The molecule has 0 atom stereocenters. The quantitative estimate of drug-likeness (QED) is 0.738. The minimum absolute atomic E-state index is 0.921. The van der Waals surface area contributed by atoms with Crippen LogP contribution in [0.3, 0.4) is 0 Å². The van der Waals surface area contributed by atoms with Gasteiger partial charge in [-0.05, 0) is 19.9 Å². The molecule has 0 spiro atoms. The van der Waals surface area contributed by atoms with Gasteiger partial charge in [-0.3, -0.25) is 4.98 Å². The number of aryl methyl sites for hydroxylation is 1. The Hall–Kier alpha value is -1.31. The number of rotatable bonds is 3. The molecule has 1 N–H and O–H groups in total. The number of pyridine rings is 1. The lowest BCUT2D eigenvalue weighted by atomic mass is 10.2. The second kappa shape index (κ2) is 3.90. The molecule has 0 aliphatic carbocycles. The van der Waals surface area contributed by atoms with Gasteiger partial charge in [-0.1, -0.05) is 12.7 Å². The average Bonchev–Trinajstić information content (AvgIpc) is 2.05. The van der Waals surface area contributed by atoms with Crippen LogP contribution >= 0.6 is 0 Å². The fraction of sp³-hybridized carbons (Fsp3) is 0.300. The van der Waals surface area contributed by atoms with Crippen LogP contribution in [0.5, 0.6) is 0 Å². The Labute approximate surface area is 73.3 Å². The summed E-state index contributed by atoms with van der Waals surface area (Å²) < 4.78 is 0. The predicted octanol–water partition coefficient (Wildman–Crippen LogP) is 2.46. The molecule has 0 aliphatic heterocycles. The van der Waals surface area contributed by atoms with Crippen LogP contribution in [0.25, 0.3) is 6.08 Å². The van der Waals surface area contributed by atoms with Crippen LogP contribution in [0.4, 0.5) is 5.69 Å². The highest BCUT2D eigenvalue weighted by Gasteiger charge is 1.97. The Kier molecular flexibility index (Phi) is 2.86. The maximum absolute atomic E-state index is 4.18. The van der Waals surface area contributed by atoms with Gasteiger partial charge in [-0.2, -0.15) is 0 Å². The van der Waals surface area contributed by atoms with Gasteiger partial charge in [0.1, 0.15) is 0 Å². The molecule has 1 aromatic heterocycles. The van der Waals surface area contributed by atoms with Crippen molar-refractivity contribution in [2.45, 2.75) is 13.8 Å². The van der Waals surface area contributed by atoms with Crippen LogP contribution in [0.1, 0.15) is 18.2 Å². The monoisotopic (exact) mass is 162 g/mol. The van der Waals surface area contributed by atoms with Crippen LogP contribution < -0.4 is 5.32 Å². The Balaban J connectivity index is 3.03. The van der Waals surface area contributed by atoms with Crippen molar-refractivity contribution in [3.63, 3.8) is 0 Å². The Morgan fingerprint density at radius 2 is 2.42 bits per heavy atom. The Morgan fingerprint density at radius 1 is 1.67 bits per heavy atom. The van der Waals surface area contributed by atoms with E-state index in [0.717, 1.165) is 23.5 Å². The van der Waals surface area contributed by atoms with E-state index in [0.29, 0.717) is 0 Å². The van der Waals surface area contributed by atoms with E-state index in [-0.39, 0.29) is 0 Å². The minimum Gasteiger partial charge on any atom is -0.385 e. The van der Waals surface area contributed by atoms with Crippen molar-refractivity contribution in [2.75, 3.05) is 11.9 Å². The molecule has 1 aromatic rings. The van der Waals surface area contributed by atoms with Gasteiger partial charge in [0, 0.05) is 29.7 Å². The zero-order valence-corrected chi connectivity index (χ0v) is 7.59. The minimum atomic E-state index is 0.921. The first-order chi connectivity index (χ1) is 5.77. The molecule has 2 nitrogen and oxygen atoms in total. The molecule has 1 rings (SSSR count). The maximum Gasteiger partial charge on any atom is 0.0447 e. The predicted molar refractivity (Wildman–Crippen MR) is 53.2 cm³/mol. The van der Waals surface area contributed by atoms with Gasteiger partial charge in [0.05, 0.1) is 0 Å². The van der Waals surface area contributed by atoms with E-state index in [9.17, 15) is 0 Å². The van der Waals surface area contributed by atoms with Crippen LogP contribution in [0, 0.1) is 6.92 Å². The molecule has 0 fully saturated rings. The van der Waals surface area contributed by atoms with Crippen molar-refractivity contribution in [2.24, 2.45) is 0 Å². The molecular weight excluding hydrogens is 148 g/mol. The molecular formula is C10H14N2.